The third-order valence-corrected chi connectivity index (χ3v) is 5.36. The molecule has 0 saturated carbocycles. The van der Waals surface area contributed by atoms with Crippen molar-refractivity contribution in [1.29, 1.82) is 0 Å². The van der Waals surface area contributed by atoms with Gasteiger partial charge in [-0.1, -0.05) is 0 Å². The number of benzene rings is 1. The molecule has 28 heavy (non-hydrogen) atoms. The van der Waals surface area contributed by atoms with E-state index < -0.39 is 0 Å². The molecule has 0 atom stereocenters. The molecular weight excluding hydrogens is 424 g/mol. The maximum atomic E-state index is 12.2. The molecule has 2 N–H and O–H groups in total. The number of nitrogens with zero attached hydrogens (tertiary/aromatic N) is 4. The summed E-state index contributed by atoms with van der Waals surface area (Å²) in [5.74, 6) is -0.387. The molecule has 2 amide bonds. The summed E-state index contributed by atoms with van der Waals surface area (Å²) in [7, 11) is 1.75. The van der Waals surface area contributed by atoms with Crippen molar-refractivity contribution >= 4 is 39.1 Å². The fourth-order valence-corrected chi connectivity index (χ4v) is 2.98. The third kappa shape index (κ3) is 4.66. The molecule has 3 rings (SSSR count). The van der Waals surface area contributed by atoms with E-state index in [1.165, 1.54) is 0 Å². The molecule has 0 spiro atoms. The molecule has 9 heteroatoms. The number of aryl methyl sites for hydroxylation is 3. The van der Waals surface area contributed by atoms with Gasteiger partial charge in [0.1, 0.15) is 0 Å². The lowest BCUT2D eigenvalue weighted by Gasteiger charge is -2.08. The van der Waals surface area contributed by atoms with Crippen LogP contribution < -0.4 is 10.6 Å². The van der Waals surface area contributed by atoms with E-state index in [1.54, 1.807) is 48.3 Å². The lowest BCUT2D eigenvalue weighted by atomic mass is 10.2. The van der Waals surface area contributed by atoms with Crippen LogP contribution in [0.5, 0.6) is 0 Å². The number of anilines is 2. The fraction of sp³-hybridized carbons (Fsp3) is 0.263. The van der Waals surface area contributed by atoms with Crippen LogP contribution >= 0.6 is 15.9 Å². The molecule has 0 radical (unpaired) electrons. The monoisotopic (exact) mass is 444 g/mol. The smallest absolute Gasteiger partial charge is 0.276 e. The zero-order chi connectivity index (χ0) is 20.3. The minimum absolute atomic E-state index is 0.103. The van der Waals surface area contributed by atoms with Gasteiger partial charge in [0.15, 0.2) is 5.69 Å². The molecule has 0 saturated heterocycles. The zero-order valence-corrected chi connectivity index (χ0v) is 17.4. The van der Waals surface area contributed by atoms with Gasteiger partial charge in [-0.3, -0.25) is 19.0 Å². The summed E-state index contributed by atoms with van der Waals surface area (Å²) in [6.07, 6.45) is 2.02. The normalized spacial score (nSPS) is 10.7. The summed E-state index contributed by atoms with van der Waals surface area (Å²) >= 11 is 3.48. The molecule has 2 aromatic heterocycles. The van der Waals surface area contributed by atoms with Crippen LogP contribution in [0.2, 0.25) is 0 Å². The Kier molecular flexibility index (Phi) is 5.93. The Hall–Kier alpha value is -2.94. The first-order chi connectivity index (χ1) is 13.3. The van der Waals surface area contributed by atoms with Crippen LogP contribution in [0.25, 0.3) is 0 Å². The second-order valence-electron chi connectivity index (χ2n) is 6.41. The van der Waals surface area contributed by atoms with E-state index in [0.29, 0.717) is 30.0 Å². The van der Waals surface area contributed by atoms with Crippen LogP contribution in [0.4, 0.5) is 11.4 Å². The van der Waals surface area contributed by atoms with Crippen LogP contribution in [-0.2, 0) is 18.4 Å². The minimum atomic E-state index is -0.284. The molecule has 2 heterocycles. The first-order valence-corrected chi connectivity index (χ1v) is 9.53. The number of hydrogen-bond donors (Lipinski definition) is 2. The highest BCUT2D eigenvalue weighted by Gasteiger charge is 2.11. The van der Waals surface area contributed by atoms with Gasteiger partial charge >= 0.3 is 0 Å². The zero-order valence-electron chi connectivity index (χ0n) is 15.9. The molecule has 1 aromatic carbocycles. The second kappa shape index (κ2) is 8.39. The van der Waals surface area contributed by atoms with E-state index in [0.717, 1.165) is 15.9 Å². The SMILES string of the molecule is Cc1nn(CCC(=O)Nc2ccc(NC(=O)c3ccn(C)n3)cc2)c(C)c1Br. The van der Waals surface area contributed by atoms with Gasteiger partial charge in [-0.05, 0) is 60.1 Å². The molecule has 0 unspecified atom stereocenters. The van der Waals surface area contributed by atoms with Crippen LogP contribution in [0, 0.1) is 13.8 Å². The van der Waals surface area contributed by atoms with Crippen LogP contribution in [0.1, 0.15) is 28.3 Å². The van der Waals surface area contributed by atoms with Gasteiger partial charge in [0.05, 0.1) is 16.7 Å². The number of aromatic nitrogens is 4. The number of carbonyl (C=O) groups excluding carboxylic acids is 2. The Bertz CT molecular complexity index is 1010. The van der Waals surface area contributed by atoms with E-state index in [4.69, 9.17) is 0 Å². The average Bonchev–Trinajstić information content (AvgIpc) is 3.21. The first kappa shape index (κ1) is 19.8. The highest BCUT2D eigenvalue weighted by atomic mass is 79.9. The number of hydrogen-bond acceptors (Lipinski definition) is 4. The Balaban J connectivity index is 1.52. The van der Waals surface area contributed by atoms with Gasteiger partial charge in [-0.15, -0.1) is 0 Å². The lowest BCUT2D eigenvalue weighted by Crippen LogP contribution is -2.16. The minimum Gasteiger partial charge on any atom is -0.326 e. The quantitative estimate of drug-likeness (QED) is 0.609. The average molecular weight is 445 g/mol. The largest absolute Gasteiger partial charge is 0.326 e. The number of rotatable bonds is 6. The maximum absolute atomic E-state index is 12.2. The predicted octanol–water partition coefficient (Wildman–Crippen LogP) is 3.28. The van der Waals surface area contributed by atoms with E-state index >= 15 is 0 Å². The van der Waals surface area contributed by atoms with Crippen molar-refractivity contribution in [1.82, 2.24) is 19.6 Å². The molecule has 0 aliphatic rings. The first-order valence-electron chi connectivity index (χ1n) is 8.74. The molecule has 0 fully saturated rings. The summed E-state index contributed by atoms with van der Waals surface area (Å²) in [5.41, 5.74) is 3.53. The van der Waals surface area contributed by atoms with Gasteiger partial charge in [0.2, 0.25) is 5.91 Å². The number of halogens is 1. The summed E-state index contributed by atoms with van der Waals surface area (Å²) in [4.78, 5) is 24.3. The van der Waals surface area contributed by atoms with Crippen LogP contribution in [-0.4, -0.2) is 31.4 Å². The topological polar surface area (TPSA) is 93.8 Å². The molecule has 146 valence electrons. The van der Waals surface area contributed by atoms with Crippen molar-refractivity contribution in [2.24, 2.45) is 7.05 Å². The van der Waals surface area contributed by atoms with Crippen molar-refractivity contribution in [3.63, 3.8) is 0 Å². The van der Waals surface area contributed by atoms with E-state index in [1.807, 2.05) is 18.5 Å². The fourth-order valence-electron chi connectivity index (χ4n) is 2.69. The lowest BCUT2D eigenvalue weighted by molar-refractivity contribution is -0.116. The Morgan fingerprint density at radius 2 is 1.68 bits per heavy atom. The molecule has 3 aromatic rings. The van der Waals surface area contributed by atoms with Gasteiger partial charge in [0, 0.05) is 36.7 Å². The second-order valence-corrected chi connectivity index (χ2v) is 7.21. The van der Waals surface area contributed by atoms with Crippen LogP contribution in [0.3, 0.4) is 0 Å². The molecule has 0 aliphatic carbocycles. The highest BCUT2D eigenvalue weighted by molar-refractivity contribution is 9.10. The van der Waals surface area contributed by atoms with Gasteiger partial charge in [-0.2, -0.15) is 10.2 Å². The summed E-state index contributed by atoms with van der Waals surface area (Å²) in [6, 6.07) is 8.59. The van der Waals surface area contributed by atoms with Crippen molar-refractivity contribution < 1.29 is 9.59 Å². The molecule has 0 bridgehead atoms. The molecule has 8 nitrogen and oxygen atoms in total. The Morgan fingerprint density at radius 3 is 2.21 bits per heavy atom. The third-order valence-electron chi connectivity index (χ3n) is 4.22. The Morgan fingerprint density at radius 1 is 1.04 bits per heavy atom. The predicted molar refractivity (Wildman–Crippen MR) is 110 cm³/mol. The van der Waals surface area contributed by atoms with Crippen molar-refractivity contribution in [3.05, 3.63) is 58.1 Å². The number of amides is 2. The highest BCUT2D eigenvalue weighted by Crippen LogP contribution is 2.20. The molecular formula is C19H21BrN6O2. The van der Waals surface area contributed by atoms with Gasteiger partial charge in [-0.25, -0.2) is 0 Å². The number of nitrogens with one attached hydrogen (secondary N) is 2. The van der Waals surface area contributed by atoms with Gasteiger partial charge < -0.3 is 10.6 Å². The standard InChI is InChI=1S/C19H21BrN6O2/c1-12-18(20)13(2)26(23-12)11-9-17(27)21-14-4-6-15(7-5-14)22-19(28)16-8-10-25(3)24-16/h4-8,10H,9,11H2,1-3H3,(H,21,27)(H,22,28). The van der Waals surface area contributed by atoms with E-state index in [9.17, 15) is 9.59 Å². The van der Waals surface area contributed by atoms with E-state index in [-0.39, 0.29) is 11.8 Å². The van der Waals surface area contributed by atoms with Gasteiger partial charge in [0.25, 0.3) is 5.91 Å². The summed E-state index contributed by atoms with van der Waals surface area (Å²) in [5, 5.41) is 14.1. The number of carbonyl (C=O) groups is 2. The maximum Gasteiger partial charge on any atom is 0.276 e. The van der Waals surface area contributed by atoms with Crippen LogP contribution in [0.15, 0.2) is 41.0 Å². The van der Waals surface area contributed by atoms with Crippen molar-refractivity contribution in [2.75, 3.05) is 10.6 Å². The van der Waals surface area contributed by atoms with Crippen molar-refractivity contribution in [2.45, 2.75) is 26.8 Å². The Labute approximate surface area is 171 Å². The summed E-state index contributed by atoms with van der Waals surface area (Å²) < 4.78 is 4.35. The summed E-state index contributed by atoms with van der Waals surface area (Å²) in [6.45, 7) is 4.38. The van der Waals surface area contributed by atoms with E-state index in [2.05, 4.69) is 36.8 Å². The molecule has 0 aliphatic heterocycles. The van der Waals surface area contributed by atoms with Crippen molar-refractivity contribution in [3.8, 4) is 0 Å².